The van der Waals surface area contributed by atoms with Gasteiger partial charge in [0.25, 0.3) is 5.91 Å². The summed E-state index contributed by atoms with van der Waals surface area (Å²) >= 11 is 1.52. The van der Waals surface area contributed by atoms with Gasteiger partial charge in [0.05, 0.1) is 5.56 Å². The SMILES string of the molecule is CSc1ncccc1C(=O)N[C@H](C)[C@@H]1C[C@H]2CC[C@H]1C2. The number of fused-ring (bicyclic) bond motifs is 2. The summed E-state index contributed by atoms with van der Waals surface area (Å²) in [7, 11) is 0. The molecule has 2 aliphatic rings. The number of nitrogens with one attached hydrogen (secondary N) is 1. The lowest BCUT2D eigenvalue weighted by Gasteiger charge is -2.28. The van der Waals surface area contributed by atoms with E-state index in [4.69, 9.17) is 0 Å². The number of nitrogens with zero attached hydrogens (tertiary/aromatic N) is 1. The minimum Gasteiger partial charge on any atom is -0.349 e. The van der Waals surface area contributed by atoms with Crippen LogP contribution in [0.5, 0.6) is 0 Å². The first-order valence-electron chi connectivity index (χ1n) is 7.49. The summed E-state index contributed by atoms with van der Waals surface area (Å²) in [4.78, 5) is 16.7. The first kappa shape index (κ1) is 13.9. The fourth-order valence-electron chi connectivity index (χ4n) is 4.02. The molecule has 0 aromatic carbocycles. The third-order valence-electron chi connectivity index (χ3n) is 5.00. The van der Waals surface area contributed by atoms with Crippen molar-refractivity contribution in [1.82, 2.24) is 10.3 Å². The maximum absolute atomic E-state index is 12.4. The Balaban J connectivity index is 1.66. The summed E-state index contributed by atoms with van der Waals surface area (Å²) in [5, 5.41) is 4.02. The molecule has 1 N–H and O–H groups in total. The number of carbonyl (C=O) groups excluding carboxylic acids is 1. The van der Waals surface area contributed by atoms with Gasteiger partial charge in [-0.15, -0.1) is 11.8 Å². The van der Waals surface area contributed by atoms with Crippen LogP contribution >= 0.6 is 11.8 Å². The van der Waals surface area contributed by atoms with Crippen molar-refractivity contribution in [3.8, 4) is 0 Å². The van der Waals surface area contributed by atoms with Crippen molar-refractivity contribution >= 4 is 17.7 Å². The third kappa shape index (κ3) is 2.58. The van der Waals surface area contributed by atoms with Gasteiger partial charge in [0.2, 0.25) is 0 Å². The smallest absolute Gasteiger partial charge is 0.254 e. The molecule has 1 amide bonds. The molecular formula is C16H22N2OS. The maximum atomic E-state index is 12.4. The van der Waals surface area contributed by atoms with Crippen molar-refractivity contribution in [2.24, 2.45) is 17.8 Å². The molecule has 2 bridgehead atoms. The van der Waals surface area contributed by atoms with Crippen LogP contribution in [0, 0.1) is 17.8 Å². The van der Waals surface area contributed by atoms with E-state index in [2.05, 4.69) is 17.2 Å². The van der Waals surface area contributed by atoms with E-state index in [-0.39, 0.29) is 11.9 Å². The van der Waals surface area contributed by atoms with Gasteiger partial charge in [0, 0.05) is 12.2 Å². The summed E-state index contributed by atoms with van der Waals surface area (Å²) < 4.78 is 0. The molecule has 0 unspecified atom stereocenters. The van der Waals surface area contributed by atoms with Crippen LogP contribution in [0.25, 0.3) is 0 Å². The first-order chi connectivity index (χ1) is 9.69. The molecule has 0 aliphatic heterocycles. The van der Waals surface area contributed by atoms with E-state index in [1.165, 1.54) is 37.4 Å². The molecule has 20 heavy (non-hydrogen) atoms. The number of hydrogen-bond acceptors (Lipinski definition) is 3. The Morgan fingerprint density at radius 2 is 2.30 bits per heavy atom. The molecule has 2 fully saturated rings. The van der Waals surface area contributed by atoms with Crippen molar-refractivity contribution in [2.45, 2.75) is 43.7 Å². The third-order valence-corrected chi connectivity index (χ3v) is 5.71. The van der Waals surface area contributed by atoms with Crippen molar-refractivity contribution in [2.75, 3.05) is 6.26 Å². The highest BCUT2D eigenvalue weighted by atomic mass is 32.2. The number of thioether (sulfide) groups is 1. The second kappa shape index (κ2) is 5.76. The molecule has 1 aromatic heterocycles. The number of amides is 1. The second-order valence-corrected chi connectivity index (χ2v) is 6.96. The summed E-state index contributed by atoms with van der Waals surface area (Å²) in [6.07, 6.45) is 9.14. The Morgan fingerprint density at radius 1 is 1.45 bits per heavy atom. The van der Waals surface area contributed by atoms with Gasteiger partial charge in [-0.05, 0) is 62.3 Å². The standard InChI is InChI=1S/C16H22N2OS/c1-10(14-9-11-5-6-12(14)8-11)18-15(19)13-4-3-7-17-16(13)20-2/h3-4,7,10-12,14H,5-6,8-9H2,1-2H3,(H,18,19)/t10-,11+,12+,14+/m1/s1. The number of hydrogen-bond donors (Lipinski definition) is 1. The molecule has 4 heteroatoms. The van der Waals surface area contributed by atoms with E-state index in [1.54, 1.807) is 6.20 Å². The molecular weight excluding hydrogens is 268 g/mol. The average Bonchev–Trinajstić information content (AvgIpc) is 3.09. The molecule has 4 atom stereocenters. The number of aromatic nitrogens is 1. The van der Waals surface area contributed by atoms with E-state index < -0.39 is 0 Å². The van der Waals surface area contributed by atoms with Gasteiger partial charge in [0.1, 0.15) is 5.03 Å². The molecule has 2 saturated carbocycles. The number of pyridine rings is 1. The maximum Gasteiger partial charge on any atom is 0.254 e. The Kier molecular flexibility index (Phi) is 4.01. The number of carbonyl (C=O) groups is 1. The number of rotatable bonds is 4. The van der Waals surface area contributed by atoms with E-state index >= 15 is 0 Å². The van der Waals surface area contributed by atoms with Crippen molar-refractivity contribution in [3.05, 3.63) is 23.9 Å². The second-order valence-electron chi connectivity index (χ2n) is 6.16. The lowest BCUT2D eigenvalue weighted by Crippen LogP contribution is -2.40. The zero-order chi connectivity index (χ0) is 14.1. The van der Waals surface area contributed by atoms with E-state index in [1.807, 2.05) is 18.4 Å². The van der Waals surface area contributed by atoms with Crippen LogP contribution in [0.15, 0.2) is 23.4 Å². The monoisotopic (exact) mass is 290 g/mol. The molecule has 1 aromatic rings. The summed E-state index contributed by atoms with van der Waals surface area (Å²) in [6.45, 7) is 2.17. The molecule has 0 radical (unpaired) electrons. The zero-order valence-electron chi connectivity index (χ0n) is 12.1. The molecule has 0 saturated heterocycles. The fraction of sp³-hybridized carbons (Fsp3) is 0.625. The van der Waals surface area contributed by atoms with Crippen LogP contribution < -0.4 is 5.32 Å². The minimum atomic E-state index is 0.0257. The Bertz CT molecular complexity index is 505. The fourth-order valence-corrected chi connectivity index (χ4v) is 4.57. The van der Waals surface area contributed by atoms with E-state index in [0.29, 0.717) is 11.5 Å². The largest absolute Gasteiger partial charge is 0.349 e. The summed E-state index contributed by atoms with van der Waals surface area (Å²) in [5.74, 6) is 2.46. The van der Waals surface area contributed by atoms with Gasteiger partial charge < -0.3 is 5.32 Å². The van der Waals surface area contributed by atoms with Crippen LogP contribution in [0.2, 0.25) is 0 Å². The van der Waals surface area contributed by atoms with Crippen molar-refractivity contribution in [3.63, 3.8) is 0 Å². The van der Waals surface area contributed by atoms with Gasteiger partial charge in [-0.3, -0.25) is 4.79 Å². The average molecular weight is 290 g/mol. The van der Waals surface area contributed by atoms with E-state index in [0.717, 1.165) is 16.9 Å². The predicted molar refractivity (Wildman–Crippen MR) is 81.9 cm³/mol. The van der Waals surface area contributed by atoms with Crippen LogP contribution in [0.1, 0.15) is 43.0 Å². The molecule has 3 rings (SSSR count). The molecule has 0 spiro atoms. The van der Waals surface area contributed by atoms with Crippen LogP contribution in [-0.4, -0.2) is 23.2 Å². The lowest BCUT2D eigenvalue weighted by molar-refractivity contribution is 0.0911. The van der Waals surface area contributed by atoms with Gasteiger partial charge in [-0.25, -0.2) is 4.98 Å². The Morgan fingerprint density at radius 3 is 2.95 bits per heavy atom. The van der Waals surface area contributed by atoms with Crippen LogP contribution in [0.3, 0.4) is 0 Å². The highest BCUT2D eigenvalue weighted by Crippen LogP contribution is 2.49. The predicted octanol–water partition coefficient (Wildman–Crippen LogP) is 3.36. The molecule has 1 heterocycles. The normalized spacial score (nSPS) is 29.4. The Labute approximate surface area is 124 Å². The lowest BCUT2D eigenvalue weighted by atomic mass is 9.84. The highest BCUT2D eigenvalue weighted by molar-refractivity contribution is 7.98. The van der Waals surface area contributed by atoms with Crippen molar-refractivity contribution in [1.29, 1.82) is 0 Å². The molecule has 2 aliphatic carbocycles. The van der Waals surface area contributed by atoms with Crippen LogP contribution in [0.4, 0.5) is 0 Å². The van der Waals surface area contributed by atoms with Gasteiger partial charge in [0.15, 0.2) is 0 Å². The Hall–Kier alpha value is -1.03. The van der Waals surface area contributed by atoms with Crippen LogP contribution in [-0.2, 0) is 0 Å². The van der Waals surface area contributed by atoms with E-state index in [9.17, 15) is 4.79 Å². The summed E-state index contributed by atoms with van der Waals surface area (Å²) in [5.41, 5.74) is 0.704. The van der Waals surface area contributed by atoms with Crippen molar-refractivity contribution < 1.29 is 4.79 Å². The summed E-state index contributed by atoms with van der Waals surface area (Å²) in [6, 6.07) is 3.96. The van der Waals surface area contributed by atoms with Gasteiger partial charge in [-0.2, -0.15) is 0 Å². The molecule has 3 nitrogen and oxygen atoms in total. The van der Waals surface area contributed by atoms with Gasteiger partial charge >= 0.3 is 0 Å². The highest BCUT2D eigenvalue weighted by Gasteiger charge is 2.42. The zero-order valence-corrected chi connectivity index (χ0v) is 13.0. The topological polar surface area (TPSA) is 42.0 Å². The minimum absolute atomic E-state index is 0.0257. The van der Waals surface area contributed by atoms with Gasteiger partial charge in [-0.1, -0.05) is 6.42 Å². The first-order valence-corrected chi connectivity index (χ1v) is 8.71. The molecule has 108 valence electrons. The quantitative estimate of drug-likeness (QED) is 0.865.